The molecular weight excluding hydrogens is 230 g/mol. The van der Waals surface area contributed by atoms with Crippen LogP contribution in [0.15, 0.2) is 18.2 Å². The fourth-order valence-electron chi connectivity index (χ4n) is 1.46. The third kappa shape index (κ3) is 3.03. The summed E-state index contributed by atoms with van der Waals surface area (Å²) in [5.74, 6) is 0. The van der Waals surface area contributed by atoms with Crippen molar-refractivity contribution in [3.63, 3.8) is 0 Å². The zero-order chi connectivity index (χ0) is 12.1. The molecular formula is C11H12ClNO3. The molecule has 0 aliphatic carbocycles. The number of rotatable bonds is 5. The van der Waals surface area contributed by atoms with E-state index in [9.17, 15) is 14.9 Å². The summed E-state index contributed by atoms with van der Waals surface area (Å²) >= 11 is 5.41. The fourth-order valence-corrected chi connectivity index (χ4v) is 1.64. The van der Waals surface area contributed by atoms with Crippen LogP contribution in [0, 0.1) is 10.1 Å². The number of non-ortho nitro benzene ring substituents is 1. The molecule has 0 bridgehead atoms. The molecule has 0 aliphatic rings. The molecule has 0 amide bonds. The lowest BCUT2D eigenvalue weighted by Crippen LogP contribution is -1.99. The normalized spacial score (nSPS) is 10.1. The Morgan fingerprint density at radius 3 is 2.69 bits per heavy atom. The van der Waals surface area contributed by atoms with E-state index in [0.29, 0.717) is 17.5 Å². The van der Waals surface area contributed by atoms with E-state index in [4.69, 9.17) is 11.6 Å². The van der Waals surface area contributed by atoms with Crippen LogP contribution in [0.1, 0.15) is 35.7 Å². The van der Waals surface area contributed by atoms with Crippen molar-refractivity contribution in [3.05, 3.63) is 39.4 Å². The van der Waals surface area contributed by atoms with Crippen LogP contribution in [0.2, 0.25) is 0 Å². The summed E-state index contributed by atoms with van der Waals surface area (Å²) in [6.07, 6.45) is 2.46. The summed E-state index contributed by atoms with van der Waals surface area (Å²) in [6, 6.07) is 4.13. The van der Waals surface area contributed by atoms with E-state index in [2.05, 4.69) is 0 Å². The molecule has 0 atom stereocenters. The Kier molecular flexibility index (Phi) is 4.43. The van der Waals surface area contributed by atoms with Gasteiger partial charge in [0.2, 0.25) is 0 Å². The summed E-state index contributed by atoms with van der Waals surface area (Å²) in [5.41, 5.74) is 1.00. The summed E-state index contributed by atoms with van der Waals surface area (Å²) in [4.78, 5) is 21.2. The van der Waals surface area contributed by atoms with Crippen LogP contribution in [0.25, 0.3) is 0 Å². The van der Waals surface area contributed by atoms with Crippen molar-refractivity contribution in [3.8, 4) is 0 Å². The van der Waals surface area contributed by atoms with Gasteiger partial charge in [-0.25, -0.2) is 0 Å². The fraction of sp³-hybridized carbons (Fsp3) is 0.364. The van der Waals surface area contributed by atoms with E-state index >= 15 is 0 Å². The van der Waals surface area contributed by atoms with E-state index in [0.717, 1.165) is 12.8 Å². The second kappa shape index (κ2) is 5.61. The molecule has 0 saturated carbocycles. The largest absolute Gasteiger partial charge is 0.276 e. The third-order valence-electron chi connectivity index (χ3n) is 2.31. The predicted molar refractivity (Wildman–Crippen MR) is 61.9 cm³/mol. The molecule has 0 radical (unpaired) electrons. The number of nitro groups is 1. The number of hydrogen-bond donors (Lipinski definition) is 0. The second-order valence-corrected chi connectivity index (χ2v) is 3.82. The number of nitrogens with zero attached hydrogens (tertiary/aromatic N) is 1. The maximum absolute atomic E-state index is 11.1. The molecule has 86 valence electrons. The maximum Gasteiger partial charge on any atom is 0.269 e. The first kappa shape index (κ1) is 12.6. The van der Waals surface area contributed by atoms with Gasteiger partial charge >= 0.3 is 0 Å². The van der Waals surface area contributed by atoms with Crippen molar-refractivity contribution < 1.29 is 9.72 Å². The molecule has 16 heavy (non-hydrogen) atoms. The Balaban J connectivity index is 3.10. The average molecular weight is 242 g/mol. The minimum absolute atomic E-state index is 0.00669. The highest BCUT2D eigenvalue weighted by atomic mass is 35.5. The van der Waals surface area contributed by atoms with Gasteiger partial charge in [-0.2, -0.15) is 0 Å². The van der Waals surface area contributed by atoms with Crippen LogP contribution in [0.3, 0.4) is 0 Å². The van der Waals surface area contributed by atoms with Gasteiger partial charge in [0.15, 0.2) is 0 Å². The van der Waals surface area contributed by atoms with Crippen molar-refractivity contribution in [2.24, 2.45) is 0 Å². The number of benzene rings is 1. The maximum atomic E-state index is 11.1. The summed E-state index contributed by atoms with van der Waals surface area (Å²) in [6.45, 7) is 2.01. The van der Waals surface area contributed by atoms with E-state index in [1.54, 1.807) is 0 Å². The Morgan fingerprint density at radius 1 is 1.50 bits per heavy atom. The number of carbonyl (C=O) groups excluding carboxylic acids is 1. The first-order valence-corrected chi connectivity index (χ1v) is 5.41. The first-order chi connectivity index (χ1) is 7.56. The van der Waals surface area contributed by atoms with Gasteiger partial charge in [0.05, 0.1) is 4.92 Å². The number of aryl methyl sites for hydroxylation is 1. The lowest BCUT2D eigenvalue weighted by Gasteiger charge is -2.04. The molecule has 0 unspecified atom stereocenters. The molecule has 0 spiro atoms. The van der Waals surface area contributed by atoms with Crippen LogP contribution in [0.5, 0.6) is 0 Å². The number of carbonyl (C=O) groups is 1. The van der Waals surface area contributed by atoms with Gasteiger partial charge in [-0.05, 0) is 36.1 Å². The van der Waals surface area contributed by atoms with Crippen molar-refractivity contribution in [1.29, 1.82) is 0 Å². The van der Waals surface area contributed by atoms with Crippen LogP contribution >= 0.6 is 11.6 Å². The molecule has 1 aromatic carbocycles. The van der Waals surface area contributed by atoms with E-state index in [-0.39, 0.29) is 5.69 Å². The van der Waals surface area contributed by atoms with E-state index < -0.39 is 10.2 Å². The Labute approximate surface area is 98.4 Å². The highest BCUT2D eigenvalue weighted by molar-refractivity contribution is 6.67. The molecule has 1 aromatic rings. The Hall–Kier alpha value is -1.42. The van der Waals surface area contributed by atoms with Crippen molar-refractivity contribution in [1.82, 2.24) is 0 Å². The number of halogens is 1. The predicted octanol–water partition coefficient (Wildman–Crippen LogP) is 3.32. The molecule has 0 aromatic heterocycles. The number of nitro benzene ring substituents is 1. The molecule has 0 heterocycles. The lowest BCUT2D eigenvalue weighted by molar-refractivity contribution is -0.384. The van der Waals surface area contributed by atoms with Crippen LogP contribution in [-0.2, 0) is 6.42 Å². The Bertz CT molecular complexity index is 418. The van der Waals surface area contributed by atoms with Crippen LogP contribution < -0.4 is 0 Å². The van der Waals surface area contributed by atoms with Gasteiger partial charge in [0.25, 0.3) is 10.9 Å². The van der Waals surface area contributed by atoms with Gasteiger partial charge < -0.3 is 0 Å². The monoisotopic (exact) mass is 241 g/mol. The third-order valence-corrected chi connectivity index (χ3v) is 2.51. The highest BCUT2D eigenvalue weighted by Gasteiger charge is 2.13. The second-order valence-electron chi connectivity index (χ2n) is 3.48. The van der Waals surface area contributed by atoms with Crippen LogP contribution in [-0.4, -0.2) is 10.2 Å². The minimum atomic E-state index is -0.569. The van der Waals surface area contributed by atoms with Gasteiger partial charge in [-0.3, -0.25) is 14.9 Å². The SMILES string of the molecule is CCCCc1cc([N+](=O)[O-])ccc1C(=O)Cl. The zero-order valence-corrected chi connectivity index (χ0v) is 9.66. The lowest BCUT2D eigenvalue weighted by atomic mass is 10.0. The number of unbranched alkanes of at least 4 members (excludes halogenated alkanes) is 1. The van der Waals surface area contributed by atoms with Gasteiger partial charge in [0, 0.05) is 17.7 Å². The molecule has 0 N–H and O–H groups in total. The van der Waals surface area contributed by atoms with Crippen molar-refractivity contribution >= 4 is 22.5 Å². The molecule has 0 fully saturated rings. The van der Waals surface area contributed by atoms with Gasteiger partial charge in [-0.1, -0.05) is 13.3 Å². The van der Waals surface area contributed by atoms with Crippen molar-refractivity contribution in [2.45, 2.75) is 26.2 Å². The number of hydrogen-bond acceptors (Lipinski definition) is 3. The summed E-state index contributed by atoms with van der Waals surface area (Å²) in [5, 5.41) is 10.0. The smallest absolute Gasteiger partial charge is 0.269 e. The molecule has 4 nitrogen and oxygen atoms in total. The molecule has 0 saturated heterocycles. The minimum Gasteiger partial charge on any atom is -0.276 e. The molecule has 5 heteroatoms. The quantitative estimate of drug-likeness (QED) is 0.451. The molecule has 1 rings (SSSR count). The van der Waals surface area contributed by atoms with E-state index in [1.807, 2.05) is 6.92 Å². The van der Waals surface area contributed by atoms with Crippen molar-refractivity contribution in [2.75, 3.05) is 0 Å². The topological polar surface area (TPSA) is 60.2 Å². The van der Waals surface area contributed by atoms with Gasteiger partial charge in [0.1, 0.15) is 0 Å². The van der Waals surface area contributed by atoms with Crippen LogP contribution in [0.4, 0.5) is 5.69 Å². The standard InChI is InChI=1S/C11H12ClNO3/c1-2-3-4-8-7-9(13(15)16)5-6-10(8)11(12)14/h5-7H,2-4H2,1H3. The van der Waals surface area contributed by atoms with Gasteiger partial charge in [-0.15, -0.1) is 0 Å². The zero-order valence-electron chi connectivity index (χ0n) is 8.90. The van der Waals surface area contributed by atoms with E-state index in [1.165, 1.54) is 18.2 Å². The first-order valence-electron chi connectivity index (χ1n) is 5.03. The molecule has 0 aliphatic heterocycles. The highest BCUT2D eigenvalue weighted by Crippen LogP contribution is 2.21. The summed E-state index contributed by atoms with van der Waals surface area (Å²) in [7, 11) is 0. The Morgan fingerprint density at radius 2 is 2.19 bits per heavy atom. The summed E-state index contributed by atoms with van der Waals surface area (Å²) < 4.78 is 0. The average Bonchev–Trinajstić information content (AvgIpc) is 2.25.